The number of nitrogens with one attached hydrogen (secondary N) is 2. The van der Waals surface area contributed by atoms with Crippen LogP contribution in [-0.4, -0.2) is 39.8 Å². The number of aliphatic imine (C=N–C) groups is 1. The number of nitrogens with zero attached hydrogens (tertiary/aromatic N) is 1. The van der Waals surface area contributed by atoms with Crippen molar-refractivity contribution >= 4 is 51.1 Å². The van der Waals surface area contributed by atoms with Gasteiger partial charge in [-0.05, 0) is 36.8 Å². The fourth-order valence-corrected chi connectivity index (χ4v) is 4.60. The lowest BCUT2D eigenvalue weighted by molar-refractivity contribution is 0.592. The van der Waals surface area contributed by atoms with Crippen molar-refractivity contribution < 1.29 is 8.42 Å². The van der Waals surface area contributed by atoms with Crippen LogP contribution in [0.4, 0.5) is 0 Å². The molecule has 0 aliphatic heterocycles. The maximum absolute atomic E-state index is 12.2. The summed E-state index contributed by atoms with van der Waals surface area (Å²) < 4.78 is 24.4. The molecule has 0 saturated heterocycles. The topological polar surface area (TPSA) is 70.6 Å². The summed E-state index contributed by atoms with van der Waals surface area (Å²) in [6.45, 7) is 4.08. The van der Waals surface area contributed by atoms with Crippen LogP contribution in [0.3, 0.4) is 0 Å². The van der Waals surface area contributed by atoms with Crippen LogP contribution in [0, 0.1) is 0 Å². The van der Waals surface area contributed by atoms with Crippen molar-refractivity contribution in [3.63, 3.8) is 0 Å². The summed E-state index contributed by atoms with van der Waals surface area (Å²) in [6.07, 6.45) is 1.48. The largest absolute Gasteiger partial charge is 0.357 e. The van der Waals surface area contributed by atoms with E-state index in [1.807, 2.05) is 37.3 Å². The molecular weight excluding hydrogens is 493 g/mol. The number of hydrogen-bond donors (Lipinski definition) is 2. The van der Waals surface area contributed by atoms with Gasteiger partial charge in [0.15, 0.2) is 15.8 Å². The van der Waals surface area contributed by atoms with Crippen LogP contribution in [0.15, 0.2) is 52.8 Å². The normalized spacial score (nSPS) is 11.7. The van der Waals surface area contributed by atoms with E-state index in [1.54, 1.807) is 11.3 Å². The fourth-order valence-electron chi connectivity index (χ4n) is 2.48. The van der Waals surface area contributed by atoms with Crippen molar-refractivity contribution in [3.8, 4) is 0 Å². The highest BCUT2D eigenvalue weighted by Crippen LogP contribution is 2.08. The van der Waals surface area contributed by atoms with Gasteiger partial charge in [-0.3, -0.25) is 4.99 Å². The van der Waals surface area contributed by atoms with Crippen LogP contribution in [0.2, 0.25) is 0 Å². The Bertz CT molecular complexity index is 764. The Labute approximate surface area is 183 Å². The number of thiophene rings is 1. The molecule has 8 heteroatoms. The highest BCUT2D eigenvalue weighted by Gasteiger charge is 2.11. The molecule has 150 valence electrons. The number of benzene rings is 1. The van der Waals surface area contributed by atoms with Gasteiger partial charge in [0.2, 0.25) is 0 Å². The number of guanidine groups is 1. The van der Waals surface area contributed by atoms with Gasteiger partial charge in [0.1, 0.15) is 0 Å². The van der Waals surface area contributed by atoms with E-state index in [0.717, 1.165) is 31.0 Å². The van der Waals surface area contributed by atoms with Gasteiger partial charge in [0.05, 0.1) is 11.5 Å². The fraction of sp³-hybridized carbons (Fsp3) is 0.421. The zero-order chi connectivity index (χ0) is 18.7. The third-order valence-electron chi connectivity index (χ3n) is 3.70. The van der Waals surface area contributed by atoms with Crippen molar-refractivity contribution in [1.29, 1.82) is 0 Å². The van der Waals surface area contributed by atoms with Crippen molar-refractivity contribution in [3.05, 3.63) is 58.3 Å². The minimum absolute atomic E-state index is 0. The van der Waals surface area contributed by atoms with Crippen LogP contribution in [0.5, 0.6) is 0 Å². The first-order valence-corrected chi connectivity index (χ1v) is 11.6. The van der Waals surface area contributed by atoms with Crippen LogP contribution in [-0.2, 0) is 22.0 Å². The molecule has 0 bridgehead atoms. The second-order valence-corrected chi connectivity index (χ2v) is 9.16. The van der Waals surface area contributed by atoms with Crippen LogP contribution >= 0.6 is 35.3 Å². The van der Waals surface area contributed by atoms with Crippen molar-refractivity contribution in [2.45, 2.75) is 25.5 Å². The second-order valence-electron chi connectivity index (χ2n) is 5.95. The second kappa shape index (κ2) is 13.1. The van der Waals surface area contributed by atoms with E-state index in [4.69, 9.17) is 0 Å². The highest BCUT2D eigenvalue weighted by atomic mass is 127. The van der Waals surface area contributed by atoms with Gasteiger partial charge < -0.3 is 10.6 Å². The van der Waals surface area contributed by atoms with E-state index in [1.165, 1.54) is 4.88 Å². The Hall–Kier alpha value is -1.13. The molecule has 1 aromatic heterocycles. The predicted molar refractivity (Wildman–Crippen MR) is 126 cm³/mol. The van der Waals surface area contributed by atoms with Crippen LogP contribution < -0.4 is 10.6 Å². The molecule has 0 saturated carbocycles. The summed E-state index contributed by atoms with van der Waals surface area (Å²) in [6, 6.07) is 13.5. The molecule has 0 radical (unpaired) electrons. The lowest BCUT2D eigenvalue weighted by Gasteiger charge is -2.11. The Morgan fingerprint density at radius 1 is 1.11 bits per heavy atom. The number of hydrogen-bond acceptors (Lipinski definition) is 4. The molecular formula is C19H28IN3O2S2. The Morgan fingerprint density at radius 2 is 1.89 bits per heavy atom. The molecule has 0 amide bonds. The van der Waals surface area contributed by atoms with Crippen molar-refractivity contribution in [2.75, 3.05) is 25.4 Å². The summed E-state index contributed by atoms with van der Waals surface area (Å²) in [4.78, 5) is 5.81. The van der Waals surface area contributed by atoms with Gasteiger partial charge in [-0.1, -0.05) is 36.4 Å². The molecule has 0 aliphatic carbocycles. The maximum atomic E-state index is 12.2. The first kappa shape index (κ1) is 23.9. The smallest absolute Gasteiger partial charge is 0.191 e. The van der Waals surface area contributed by atoms with Gasteiger partial charge in [-0.2, -0.15) is 0 Å². The summed E-state index contributed by atoms with van der Waals surface area (Å²) in [5.74, 6) is 0.987. The molecule has 0 aliphatic rings. The summed E-state index contributed by atoms with van der Waals surface area (Å²) in [5.41, 5.74) is 0.833. The minimum atomic E-state index is -3.10. The van der Waals surface area contributed by atoms with E-state index in [9.17, 15) is 8.42 Å². The first-order chi connectivity index (χ1) is 12.6. The van der Waals surface area contributed by atoms with E-state index in [-0.39, 0.29) is 35.5 Å². The zero-order valence-corrected chi connectivity index (χ0v) is 19.5. The highest BCUT2D eigenvalue weighted by molar-refractivity contribution is 14.0. The average molecular weight is 521 g/mol. The number of sulfone groups is 1. The summed E-state index contributed by atoms with van der Waals surface area (Å²) in [7, 11) is -3.10. The van der Waals surface area contributed by atoms with E-state index >= 15 is 0 Å². The third-order valence-corrected chi connectivity index (χ3v) is 6.32. The first-order valence-electron chi connectivity index (χ1n) is 8.88. The molecule has 5 nitrogen and oxygen atoms in total. The molecule has 27 heavy (non-hydrogen) atoms. The quantitative estimate of drug-likeness (QED) is 0.218. The number of halogens is 1. The van der Waals surface area contributed by atoms with E-state index < -0.39 is 9.84 Å². The van der Waals surface area contributed by atoms with Crippen LogP contribution in [0.1, 0.15) is 23.8 Å². The molecule has 0 fully saturated rings. The third kappa shape index (κ3) is 10.1. The molecule has 0 atom stereocenters. The molecule has 2 rings (SSSR count). The average Bonchev–Trinajstić information content (AvgIpc) is 3.12. The zero-order valence-electron chi connectivity index (χ0n) is 15.6. The molecule has 0 unspecified atom stereocenters. The maximum Gasteiger partial charge on any atom is 0.191 e. The molecule has 1 aromatic carbocycles. The molecule has 2 N–H and O–H groups in total. The van der Waals surface area contributed by atoms with Gasteiger partial charge in [-0.15, -0.1) is 35.3 Å². The molecule has 1 heterocycles. The monoisotopic (exact) mass is 521 g/mol. The van der Waals surface area contributed by atoms with Crippen molar-refractivity contribution in [2.24, 2.45) is 4.99 Å². The molecule has 0 spiro atoms. The summed E-state index contributed by atoms with van der Waals surface area (Å²) in [5, 5.41) is 8.56. The van der Waals surface area contributed by atoms with Gasteiger partial charge in [0.25, 0.3) is 0 Å². The SMILES string of the molecule is CCNC(=NCCCS(=O)(=O)Cc1ccccc1)NCCc1cccs1.I. The standard InChI is InChI=1S/C19H27N3O2S2.HI/c1-2-20-19(22-13-11-18-10-6-14-25-18)21-12-7-15-26(23,24)16-17-8-4-3-5-9-17;/h3-6,8-10,14H,2,7,11-13,15-16H2,1H3,(H2,20,21,22);1H. The van der Waals surface area contributed by atoms with E-state index in [0.29, 0.717) is 13.0 Å². The predicted octanol–water partition coefficient (Wildman–Crippen LogP) is 3.47. The Kier molecular flexibility index (Phi) is 11.6. The minimum Gasteiger partial charge on any atom is -0.357 e. The Balaban J connectivity index is 0.00000364. The van der Waals surface area contributed by atoms with E-state index in [2.05, 4.69) is 33.1 Å². The van der Waals surface area contributed by atoms with Gasteiger partial charge >= 0.3 is 0 Å². The Morgan fingerprint density at radius 3 is 2.56 bits per heavy atom. The number of rotatable bonds is 10. The van der Waals surface area contributed by atoms with Gasteiger partial charge in [0, 0.05) is 24.5 Å². The molecule has 2 aromatic rings. The van der Waals surface area contributed by atoms with Gasteiger partial charge in [-0.25, -0.2) is 8.42 Å². The summed E-state index contributed by atoms with van der Waals surface area (Å²) >= 11 is 1.75. The van der Waals surface area contributed by atoms with Crippen LogP contribution in [0.25, 0.3) is 0 Å². The lowest BCUT2D eigenvalue weighted by atomic mass is 10.2. The van der Waals surface area contributed by atoms with Crippen molar-refractivity contribution in [1.82, 2.24) is 10.6 Å². The lowest BCUT2D eigenvalue weighted by Crippen LogP contribution is -2.38.